The first-order chi connectivity index (χ1) is 7.10. The van der Waals surface area contributed by atoms with Crippen LogP contribution in [0.4, 0.5) is 8.78 Å². The minimum Gasteiger partial charge on any atom is -0.505 e. The van der Waals surface area contributed by atoms with Crippen LogP contribution in [0.2, 0.25) is 0 Å². The van der Waals surface area contributed by atoms with Crippen LogP contribution < -0.4 is 5.73 Å². The summed E-state index contributed by atoms with van der Waals surface area (Å²) in [6, 6.07) is 3.12. The van der Waals surface area contributed by atoms with Gasteiger partial charge in [0.2, 0.25) is 0 Å². The molecule has 1 rings (SSSR count). The molecule has 0 aliphatic heterocycles. The molecule has 0 atom stereocenters. The second-order valence-electron chi connectivity index (χ2n) is 2.85. The molecule has 3 N–H and O–H groups in total. The molecule has 0 aliphatic rings. The number of rotatable bonds is 3. The topological polar surface area (TPSA) is 82.9 Å². The molecule has 4 nitrogen and oxygen atoms in total. The maximum Gasteiger partial charge on any atom is 0.284 e. The third kappa shape index (κ3) is 2.39. The van der Waals surface area contributed by atoms with Crippen LogP contribution in [0.3, 0.4) is 0 Å². The van der Waals surface area contributed by atoms with Crippen molar-refractivity contribution in [1.82, 2.24) is 4.98 Å². The lowest BCUT2D eigenvalue weighted by molar-refractivity contribution is 0.141. The van der Waals surface area contributed by atoms with Crippen molar-refractivity contribution < 1.29 is 13.9 Å². The van der Waals surface area contributed by atoms with Crippen molar-refractivity contribution in [3.8, 4) is 11.8 Å². The second kappa shape index (κ2) is 4.66. The van der Waals surface area contributed by atoms with Crippen LogP contribution in [0.5, 0.6) is 5.75 Å². The highest BCUT2D eigenvalue weighted by Crippen LogP contribution is 2.30. The van der Waals surface area contributed by atoms with E-state index in [2.05, 4.69) is 4.98 Å². The standard InChI is InChI=1S/C9H9F2N3O/c10-9(11)7-8(15)5(1-2-12)3-6(4-13)14-7/h3,9,15H,1,4,13H2. The number of hydrogen-bond donors (Lipinski definition) is 2. The molecule has 0 aliphatic carbocycles. The van der Waals surface area contributed by atoms with Crippen LogP contribution in [0.25, 0.3) is 0 Å². The normalized spacial score (nSPS) is 10.3. The lowest BCUT2D eigenvalue weighted by Crippen LogP contribution is -2.05. The van der Waals surface area contributed by atoms with Gasteiger partial charge in [-0.15, -0.1) is 0 Å². The molecular weight excluding hydrogens is 204 g/mol. The first kappa shape index (κ1) is 11.3. The fraction of sp³-hybridized carbons (Fsp3) is 0.333. The zero-order valence-electron chi connectivity index (χ0n) is 7.74. The Hall–Kier alpha value is -1.74. The molecule has 0 fully saturated rings. The Balaban J connectivity index is 3.28. The molecule has 0 unspecified atom stereocenters. The molecule has 80 valence electrons. The van der Waals surface area contributed by atoms with Gasteiger partial charge >= 0.3 is 0 Å². The third-order valence-corrected chi connectivity index (χ3v) is 1.84. The number of aromatic nitrogens is 1. The highest BCUT2D eigenvalue weighted by Gasteiger charge is 2.18. The molecule has 0 aromatic carbocycles. The maximum atomic E-state index is 12.4. The van der Waals surface area contributed by atoms with Crippen LogP contribution in [0.1, 0.15) is 23.4 Å². The van der Waals surface area contributed by atoms with E-state index in [0.717, 1.165) is 0 Å². The predicted octanol–water partition coefficient (Wildman–Crippen LogP) is 1.25. The molecule has 0 amide bonds. The van der Waals surface area contributed by atoms with E-state index in [0.29, 0.717) is 0 Å². The maximum absolute atomic E-state index is 12.4. The molecule has 1 heterocycles. The first-order valence-electron chi connectivity index (χ1n) is 4.17. The summed E-state index contributed by atoms with van der Waals surface area (Å²) in [4.78, 5) is 3.50. The Morgan fingerprint density at radius 1 is 1.60 bits per heavy atom. The Labute approximate surface area is 85.0 Å². The second-order valence-corrected chi connectivity index (χ2v) is 2.85. The number of aromatic hydroxyl groups is 1. The smallest absolute Gasteiger partial charge is 0.284 e. The fourth-order valence-electron chi connectivity index (χ4n) is 1.15. The summed E-state index contributed by atoms with van der Waals surface area (Å²) in [6.45, 7) is -0.0154. The van der Waals surface area contributed by atoms with Crippen molar-refractivity contribution in [3.63, 3.8) is 0 Å². The summed E-state index contributed by atoms with van der Waals surface area (Å²) in [5, 5.41) is 17.8. The van der Waals surface area contributed by atoms with Gasteiger partial charge in [-0.2, -0.15) is 5.26 Å². The zero-order valence-corrected chi connectivity index (χ0v) is 7.74. The number of alkyl halides is 2. The minimum atomic E-state index is -2.88. The minimum absolute atomic E-state index is 0.0154. The van der Waals surface area contributed by atoms with Gasteiger partial charge in [0.1, 0.15) is 11.4 Å². The summed E-state index contributed by atoms with van der Waals surface area (Å²) in [7, 11) is 0. The largest absolute Gasteiger partial charge is 0.505 e. The highest BCUT2D eigenvalue weighted by atomic mass is 19.3. The fourth-order valence-corrected chi connectivity index (χ4v) is 1.15. The number of nitrogens with two attached hydrogens (primary N) is 1. The Kier molecular flexibility index (Phi) is 3.52. The average Bonchev–Trinajstić information content (AvgIpc) is 2.21. The van der Waals surface area contributed by atoms with Crippen LogP contribution in [-0.4, -0.2) is 10.1 Å². The van der Waals surface area contributed by atoms with E-state index in [1.54, 1.807) is 6.07 Å². The van der Waals surface area contributed by atoms with Crippen molar-refractivity contribution in [1.29, 1.82) is 5.26 Å². The summed E-state index contributed by atoms with van der Waals surface area (Å²) in [5.74, 6) is -0.622. The summed E-state index contributed by atoms with van der Waals surface area (Å²) in [5.41, 5.74) is 4.90. The molecule has 0 saturated carbocycles. The summed E-state index contributed by atoms with van der Waals surface area (Å²) in [6.07, 6.45) is -3.03. The van der Waals surface area contributed by atoms with Gasteiger partial charge in [-0.3, -0.25) is 0 Å². The number of nitriles is 1. The van der Waals surface area contributed by atoms with Crippen LogP contribution >= 0.6 is 0 Å². The molecular formula is C9H9F2N3O. The zero-order chi connectivity index (χ0) is 11.4. The SMILES string of the molecule is N#CCc1cc(CN)nc(C(F)F)c1O. The van der Waals surface area contributed by atoms with Gasteiger partial charge in [0.25, 0.3) is 6.43 Å². The number of nitrogens with zero attached hydrogens (tertiary/aromatic N) is 2. The molecule has 0 radical (unpaired) electrons. The molecule has 6 heteroatoms. The third-order valence-electron chi connectivity index (χ3n) is 1.84. The molecule has 15 heavy (non-hydrogen) atoms. The van der Waals surface area contributed by atoms with Crippen molar-refractivity contribution in [2.24, 2.45) is 5.73 Å². The average molecular weight is 213 g/mol. The van der Waals surface area contributed by atoms with Crippen molar-refractivity contribution >= 4 is 0 Å². The molecule has 1 aromatic heterocycles. The molecule has 0 bridgehead atoms. The van der Waals surface area contributed by atoms with Gasteiger partial charge in [0.05, 0.1) is 18.2 Å². The van der Waals surface area contributed by atoms with E-state index in [4.69, 9.17) is 11.0 Å². The monoisotopic (exact) mass is 213 g/mol. The van der Waals surface area contributed by atoms with Crippen molar-refractivity contribution in [3.05, 3.63) is 23.0 Å². The molecule has 0 spiro atoms. The molecule has 0 saturated heterocycles. The predicted molar refractivity (Wildman–Crippen MR) is 48.1 cm³/mol. The summed E-state index contributed by atoms with van der Waals surface area (Å²) >= 11 is 0. The van der Waals surface area contributed by atoms with E-state index < -0.39 is 17.9 Å². The van der Waals surface area contributed by atoms with Gasteiger partial charge in [0, 0.05) is 12.1 Å². The number of halogens is 2. The van der Waals surface area contributed by atoms with E-state index in [9.17, 15) is 13.9 Å². The van der Waals surface area contributed by atoms with Gasteiger partial charge in [-0.05, 0) is 6.07 Å². The van der Waals surface area contributed by atoms with E-state index >= 15 is 0 Å². The highest BCUT2D eigenvalue weighted by molar-refractivity contribution is 5.40. The van der Waals surface area contributed by atoms with E-state index in [1.807, 2.05) is 0 Å². The van der Waals surface area contributed by atoms with Crippen LogP contribution in [0, 0.1) is 11.3 Å². The lowest BCUT2D eigenvalue weighted by Gasteiger charge is -2.08. The van der Waals surface area contributed by atoms with E-state index in [1.165, 1.54) is 6.07 Å². The number of hydrogen-bond acceptors (Lipinski definition) is 4. The van der Waals surface area contributed by atoms with Gasteiger partial charge < -0.3 is 10.8 Å². The van der Waals surface area contributed by atoms with Gasteiger partial charge in [-0.25, -0.2) is 13.8 Å². The molecule has 1 aromatic rings. The van der Waals surface area contributed by atoms with Crippen LogP contribution in [0.15, 0.2) is 6.07 Å². The summed E-state index contributed by atoms with van der Waals surface area (Å²) < 4.78 is 24.8. The Morgan fingerprint density at radius 2 is 2.27 bits per heavy atom. The quantitative estimate of drug-likeness (QED) is 0.791. The van der Waals surface area contributed by atoms with Gasteiger partial charge in [0.15, 0.2) is 0 Å². The van der Waals surface area contributed by atoms with Crippen molar-refractivity contribution in [2.45, 2.75) is 19.4 Å². The lowest BCUT2D eigenvalue weighted by atomic mass is 10.1. The van der Waals surface area contributed by atoms with E-state index in [-0.39, 0.29) is 24.2 Å². The Bertz CT molecular complexity index is 401. The first-order valence-corrected chi connectivity index (χ1v) is 4.17. The van der Waals surface area contributed by atoms with Gasteiger partial charge in [-0.1, -0.05) is 0 Å². The number of pyridine rings is 1. The van der Waals surface area contributed by atoms with Crippen LogP contribution in [-0.2, 0) is 13.0 Å². The van der Waals surface area contributed by atoms with Crippen molar-refractivity contribution in [2.75, 3.05) is 0 Å². The Morgan fingerprint density at radius 3 is 2.73 bits per heavy atom.